The first-order valence-electron chi connectivity index (χ1n) is 6.85. The number of nitrogens with two attached hydrogens (primary N) is 1. The molecule has 0 fully saturated rings. The van der Waals surface area contributed by atoms with Crippen LogP contribution < -0.4 is 5.73 Å². The van der Waals surface area contributed by atoms with Crippen LogP contribution >= 0.6 is 0 Å². The number of rotatable bonds is 8. The van der Waals surface area contributed by atoms with Crippen LogP contribution in [-0.2, 0) is 11.3 Å². The monoisotopic (exact) mass is 264 g/mol. The maximum atomic E-state index is 12.2. The summed E-state index contributed by atoms with van der Waals surface area (Å²) in [4.78, 5) is 13.8. The quantitative estimate of drug-likeness (QED) is 0.748. The molecule has 0 aliphatic rings. The molecule has 0 saturated carbocycles. The van der Waals surface area contributed by atoms with Gasteiger partial charge in [0.15, 0.2) is 0 Å². The van der Waals surface area contributed by atoms with Gasteiger partial charge in [0.25, 0.3) is 0 Å². The van der Waals surface area contributed by atoms with Crippen molar-refractivity contribution in [3.05, 3.63) is 35.9 Å². The molecule has 0 bridgehead atoms. The second kappa shape index (κ2) is 8.67. The Hall–Kier alpha value is -1.39. The minimum Gasteiger partial charge on any atom is -0.395 e. The first kappa shape index (κ1) is 15.7. The van der Waals surface area contributed by atoms with E-state index in [4.69, 9.17) is 10.8 Å². The van der Waals surface area contributed by atoms with E-state index >= 15 is 0 Å². The molecule has 1 unspecified atom stereocenters. The molecule has 1 rings (SSSR count). The van der Waals surface area contributed by atoms with Crippen LogP contribution in [0, 0.1) is 0 Å². The summed E-state index contributed by atoms with van der Waals surface area (Å²) in [6, 6.07) is 9.69. The van der Waals surface area contributed by atoms with Crippen LogP contribution in [-0.4, -0.2) is 35.1 Å². The molecular weight excluding hydrogens is 240 g/mol. The predicted octanol–water partition coefficient (Wildman–Crippen LogP) is 1.52. The van der Waals surface area contributed by atoms with Crippen molar-refractivity contribution in [2.45, 2.75) is 38.8 Å². The Morgan fingerprint density at radius 2 is 2.05 bits per heavy atom. The SMILES string of the molecule is CCCC(N)CC(=O)N(CCO)Cc1ccccc1. The van der Waals surface area contributed by atoms with Crippen molar-refractivity contribution >= 4 is 5.91 Å². The summed E-state index contributed by atoms with van der Waals surface area (Å²) in [7, 11) is 0. The predicted molar refractivity (Wildman–Crippen MR) is 76.4 cm³/mol. The molecule has 0 heterocycles. The molecule has 0 aliphatic carbocycles. The van der Waals surface area contributed by atoms with E-state index in [1.54, 1.807) is 4.90 Å². The molecule has 0 radical (unpaired) electrons. The smallest absolute Gasteiger partial charge is 0.224 e. The summed E-state index contributed by atoms with van der Waals surface area (Å²) in [5, 5.41) is 9.08. The van der Waals surface area contributed by atoms with Gasteiger partial charge in [0.1, 0.15) is 0 Å². The zero-order valence-electron chi connectivity index (χ0n) is 11.6. The summed E-state index contributed by atoms with van der Waals surface area (Å²) in [6.45, 7) is 2.91. The van der Waals surface area contributed by atoms with Gasteiger partial charge in [0.2, 0.25) is 5.91 Å². The average molecular weight is 264 g/mol. The Morgan fingerprint density at radius 3 is 2.63 bits per heavy atom. The first-order valence-corrected chi connectivity index (χ1v) is 6.85. The van der Waals surface area contributed by atoms with Crippen molar-refractivity contribution in [3.8, 4) is 0 Å². The Labute approximate surface area is 115 Å². The average Bonchev–Trinajstić information content (AvgIpc) is 2.39. The fraction of sp³-hybridized carbons (Fsp3) is 0.533. The van der Waals surface area contributed by atoms with E-state index in [9.17, 15) is 4.79 Å². The molecule has 0 aromatic heterocycles. The van der Waals surface area contributed by atoms with Crippen molar-refractivity contribution in [2.24, 2.45) is 5.73 Å². The summed E-state index contributed by atoms with van der Waals surface area (Å²) >= 11 is 0. The molecule has 1 aromatic carbocycles. The van der Waals surface area contributed by atoms with E-state index in [0.29, 0.717) is 19.5 Å². The van der Waals surface area contributed by atoms with Crippen LogP contribution in [0.4, 0.5) is 0 Å². The van der Waals surface area contributed by atoms with Crippen molar-refractivity contribution in [1.29, 1.82) is 0 Å². The van der Waals surface area contributed by atoms with Gasteiger partial charge in [-0.2, -0.15) is 0 Å². The lowest BCUT2D eigenvalue weighted by molar-refractivity contribution is -0.132. The zero-order chi connectivity index (χ0) is 14.1. The number of hydrogen-bond acceptors (Lipinski definition) is 3. The maximum absolute atomic E-state index is 12.2. The second-order valence-electron chi connectivity index (χ2n) is 4.78. The number of carbonyl (C=O) groups is 1. The first-order chi connectivity index (χ1) is 9.17. The Balaban J connectivity index is 2.58. The van der Waals surface area contributed by atoms with Gasteiger partial charge in [-0.15, -0.1) is 0 Å². The van der Waals surface area contributed by atoms with Gasteiger partial charge >= 0.3 is 0 Å². The van der Waals surface area contributed by atoms with Crippen molar-refractivity contribution in [1.82, 2.24) is 4.90 Å². The Kier molecular flexibility index (Phi) is 7.15. The van der Waals surface area contributed by atoms with Gasteiger partial charge < -0.3 is 15.7 Å². The molecule has 0 aliphatic heterocycles. The van der Waals surface area contributed by atoms with Crippen molar-refractivity contribution < 1.29 is 9.90 Å². The van der Waals surface area contributed by atoms with Gasteiger partial charge in [-0.25, -0.2) is 0 Å². The number of benzene rings is 1. The van der Waals surface area contributed by atoms with E-state index in [1.165, 1.54) is 0 Å². The lowest BCUT2D eigenvalue weighted by atomic mass is 10.1. The highest BCUT2D eigenvalue weighted by Crippen LogP contribution is 2.08. The standard InChI is InChI=1S/C15H24N2O2/c1-2-6-14(16)11-15(19)17(9-10-18)12-13-7-4-3-5-8-13/h3-5,7-8,14,18H,2,6,9-12,16H2,1H3. The fourth-order valence-corrected chi connectivity index (χ4v) is 2.04. The third-order valence-corrected chi connectivity index (χ3v) is 3.04. The van der Waals surface area contributed by atoms with E-state index in [-0.39, 0.29) is 18.6 Å². The summed E-state index contributed by atoms with van der Waals surface area (Å²) < 4.78 is 0. The number of carbonyl (C=O) groups excluding carboxylic acids is 1. The number of aliphatic hydroxyl groups excluding tert-OH is 1. The molecule has 19 heavy (non-hydrogen) atoms. The number of hydrogen-bond donors (Lipinski definition) is 2. The summed E-state index contributed by atoms with van der Waals surface area (Å²) in [5.74, 6) is 0.0128. The molecule has 106 valence electrons. The molecule has 1 aromatic rings. The van der Waals surface area contributed by atoms with Gasteiger partial charge in [-0.05, 0) is 12.0 Å². The van der Waals surface area contributed by atoms with Crippen LogP contribution in [0.5, 0.6) is 0 Å². The molecule has 1 atom stereocenters. The zero-order valence-corrected chi connectivity index (χ0v) is 11.6. The highest BCUT2D eigenvalue weighted by molar-refractivity contribution is 5.76. The van der Waals surface area contributed by atoms with Gasteiger partial charge in [0.05, 0.1) is 6.61 Å². The molecule has 0 saturated heterocycles. The Bertz CT molecular complexity index is 368. The summed E-state index contributed by atoms with van der Waals surface area (Å²) in [6.07, 6.45) is 2.18. The van der Waals surface area contributed by atoms with E-state index in [2.05, 4.69) is 6.92 Å². The van der Waals surface area contributed by atoms with Crippen LogP contribution in [0.3, 0.4) is 0 Å². The van der Waals surface area contributed by atoms with Crippen LogP contribution in [0.15, 0.2) is 30.3 Å². The summed E-state index contributed by atoms with van der Waals surface area (Å²) in [5.41, 5.74) is 6.97. The second-order valence-corrected chi connectivity index (χ2v) is 4.78. The molecule has 4 nitrogen and oxygen atoms in total. The number of nitrogens with zero attached hydrogens (tertiary/aromatic N) is 1. The van der Waals surface area contributed by atoms with Crippen LogP contribution in [0.2, 0.25) is 0 Å². The minimum absolute atomic E-state index is 0.0128. The largest absolute Gasteiger partial charge is 0.395 e. The molecule has 3 N–H and O–H groups in total. The van der Waals surface area contributed by atoms with Crippen LogP contribution in [0.25, 0.3) is 0 Å². The van der Waals surface area contributed by atoms with Gasteiger partial charge in [0, 0.05) is 25.6 Å². The van der Waals surface area contributed by atoms with Gasteiger partial charge in [-0.3, -0.25) is 4.79 Å². The van der Waals surface area contributed by atoms with E-state index in [1.807, 2.05) is 30.3 Å². The molecular formula is C15H24N2O2. The normalized spacial score (nSPS) is 12.2. The molecule has 1 amide bonds. The van der Waals surface area contributed by atoms with Gasteiger partial charge in [-0.1, -0.05) is 43.7 Å². The van der Waals surface area contributed by atoms with E-state index < -0.39 is 0 Å². The highest BCUT2D eigenvalue weighted by atomic mass is 16.3. The minimum atomic E-state index is -0.0885. The molecule has 0 spiro atoms. The third kappa shape index (κ3) is 5.85. The lowest BCUT2D eigenvalue weighted by Crippen LogP contribution is -2.37. The Morgan fingerprint density at radius 1 is 1.37 bits per heavy atom. The van der Waals surface area contributed by atoms with Crippen molar-refractivity contribution in [2.75, 3.05) is 13.2 Å². The van der Waals surface area contributed by atoms with Crippen LogP contribution in [0.1, 0.15) is 31.7 Å². The maximum Gasteiger partial charge on any atom is 0.224 e. The lowest BCUT2D eigenvalue weighted by Gasteiger charge is -2.23. The van der Waals surface area contributed by atoms with Crippen molar-refractivity contribution in [3.63, 3.8) is 0 Å². The van der Waals surface area contributed by atoms with E-state index in [0.717, 1.165) is 18.4 Å². The number of aliphatic hydroxyl groups is 1. The molecule has 4 heteroatoms. The third-order valence-electron chi connectivity index (χ3n) is 3.04. The number of amides is 1. The topological polar surface area (TPSA) is 66.6 Å². The fourth-order valence-electron chi connectivity index (χ4n) is 2.04. The highest BCUT2D eigenvalue weighted by Gasteiger charge is 2.16.